The average Bonchev–Trinajstić information content (AvgIpc) is 2.68. The van der Waals surface area contributed by atoms with Crippen LogP contribution < -0.4 is 0 Å². The molecule has 0 aromatic carbocycles. The van der Waals surface area contributed by atoms with Crippen molar-refractivity contribution in [2.45, 2.75) is 113 Å². The molecule has 0 spiro atoms. The lowest BCUT2D eigenvalue weighted by molar-refractivity contribution is -0.142. The minimum Gasteiger partial charge on any atom is -0.460 e. The highest BCUT2D eigenvalue weighted by Crippen LogP contribution is 2.07. The number of carbonyl (C=O) groups excluding carboxylic acids is 3. The van der Waals surface area contributed by atoms with Gasteiger partial charge in [-0.1, -0.05) is 50.1 Å². The van der Waals surface area contributed by atoms with Crippen LogP contribution in [-0.2, 0) is 28.6 Å². The van der Waals surface area contributed by atoms with Crippen LogP contribution >= 0.6 is 0 Å². The van der Waals surface area contributed by atoms with Crippen LogP contribution in [0, 0.1) is 0 Å². The first kappa shape index (κ1) is 38.0. The highest BCUT2D eigenvalue weighted by molar-refractivity contribution is 5.87. The molecule has 36 heavy (non-hydrogen) atoms. The Bertz CT molecular complexity index is 741. The molecule has 0 saturated carbocycles. The first-order chi connectivity index (χ1) is 16.3. The van der Waals surface area contributed by atoms with E-state index in [0.717, 1.165) is 24.0 Å². The zero-order valence-electron chi connectivity index (χ0n) is 23.0. The van der Waals surface area contributed by atoms with Gasteiger partial charge in [-0.3, -0.25) is 4.79 Å². The molecular formula is C29H50O7. The lowest BCUT2D eigenvalue weighted by Gasteiger charge is -2.17. The summed E-state index contributed by atoms with van der Waals surface area (Å²) in [5.74, 6) is -0.631. The summed E-state index contributed by atoms with van der Waals surface area (Å²) in [5.41, 5.74) is 1.93. The van der Waals surface area contributed by atoms with Gasteiger partial charge in [-0.25, -0.2) is 9.59 Å². The zero-order chi connectivity index (χ0) is 27.4. The number of esters is 2. The van der Waals surface area contributed by atoms with Crippen LogP contribution in [-0.4, -0.2) is 53.9 Å². The van der Waals surface area contributed by atoms with Crippen molar-refractivity contribution in [2.24, 2.45) is 0 Å². The number of ketones is 1. The minimum atomic E-state index is -0.674. The third kappa shape index (κ3) is 26.1. The Morgan fingerprint density at radius 3 is 1.67 bits per heavy atom. The standard InChI is InChI=1S/C18H28O5.C10H18O2.CH4/c1-13(2)23-18(21)12-14(3)10-11-22-17(16(5)20)9-7-6-8-15(4)19;1-5-6-9(4)7-10(11)12-8(2)3;/h6-9,12-13,16-17,20H,10-11H2,1-5H3;7-8H,5-6H2,1-4H3;1H4/b8-6+,9-7+,14-12+;9-7+;. The molecule has 0 saturated heterocycles. The van der Waals surface area contributed by atoms with Crippen LogP contribution in [0.25, 0.3) is 0 Å². The van der Waals surface area contributed by atoms with E-state index in [9.17, 15) is 19.5 Å². The molecule has 0 rings (SSSR count). The molecular weight excluding hydrogens is 460 g/mol. The van der Waals surface area contributed by atoms with Gasteiger partial charge in [-0.2, -0.15) is 0 Å². The Hall–Kier alpha value is -2.51. The predicted molar refractivity (Wildman–Crippen MR) is 147 cm³/mol. The van der Waals surface area contributed by atoms with E-state index in [2.05, 4.69) is 6.92 Å². The van der Waals surface area contributed by atoms with Crippen LogP contribution in [0.1, 0.15) is 89.0 Å². The number of aliphatic hydroxyl groups is 1. The van der Waals surface area contributed by atoms with E-state index in [1.807, 2.05) is 27.7 Å². The molecule has 208 valence electrons. The van der Waals surface area contributed by atoms with E-state index >= 15 is 0 Å². The molecule has 7 nitrogen and oxygen atoms in total. The van der Waals surface area contributed by atoms with Crippen LogP contribution in [0.3, 0.4) is 0 Å². The molecule has 0 aliphatic heterocycles. The third-order valence-corrected chi connectivity index (χ3v) is 4.10. The van der Waals surface area contributed by atoms with Crippen LogP contribution in [0.4, 0.5) is 0 Å². The number of hydrogen-bond acceptors (Lipinski definition) is 7. The molecule has 0 aromatic heterocycles. The quantitative estimate of drug-likeness (QED) is 0.172. The summed E-state index contributed by atoms with van der Waals surface area (Å²) in [7, 11) is 0. The van der Waals surface area contributed by atoms with Gasteiger partial charge in [0.15, 0.2) is 5.78 Å². The maximum absolute atomic E-state index is 11.5. The normalized spacial score (nSPS) is 13.8. The highest BCUT2D eigenvalue weighted by Gasteiger charge is 2.11. The second kappa shape index (κ2) is 22.9. The smallest absolute Gasteiger partial charge is 0.330 e. The van der Waals surface area contributed by atoms with Crippen molar-refractivity contribution in [3.63, 3.8) is 0 Å². The molecule has 0 radical (unpaired) electrons. The molecule has 0 aliphatic rings. The summed E-state index contributed by atoms with van der Waals surface area (Å²) in [4.78, 5) is 33.3. The van der Waals surface area contributed by atoms with Gasteiger partial charge in [0.25, 0.3) is 0 Å². The molecule has 0 bridgehead atoms. The molecule has 2 atom stereocenters. The van der Waals surface area contributed by atoms with Crippen molar-refractivity contribution in [3.05, 3.63) is 47.6 Å². The maximum atomic E-state index is 11.5. The third-order valence-electron chi connectivity index (χ3n) is 4.10. The number of hydrogen-bond donors (Lipinski definition) is 1. The number of rotatable bonds is 14. The van der Waals surface area contributed by atoms with Gasteiger partial charge in [0.05, 0.1) is 24.9 Å². The summed E-state index contributed by atoms with van der Waals surface area (Å²) in [6.45, 7) is 16.6. The van der Waals surface area contributed by atoms with Crippen molar-refractivity contribution in [3.8, 4) is 0 Å². The van der Waals surface area contributed by atoms with Gasteiger partial charge in [0.1, 0.15) is 6.10 Å². The van der Waals surface area contributed by atoms with Gasteiger partial charge in [-0.05, 0) is 74.3 Å². The van der Waals surface area contributed by atoms with Crippen molar-refractivity contribution in [1.82, 2.24) is 0 Å². The first-order valence-corrected chi connectivity index (χ1v) is 12.2. The number of carbonyl (C=O) groups is 3. The Labute approximate surface area is 219 Å². The molecule has 0 aromatic rings. The van der Waals surface area contributed by atoms with Gasteiger partial charge in [0, 0.05) is 12.2 Å². The van der Waals surface area contributed by atoms with E-state index in [1.54, 1.807) is 45.1 Å². The van der Waals surface area contributed by atoms with Crippen molar-refractivity contribution in [1.29, 1.82) is 0 Å². The van der Waals surface area contributed by atoms with Gasteiger partial charge in [0.2, 0.25) is 0 Å². The Kier molecular flexibility index (Phi) is 24.2. The number of ether oxygens (including phenoxy) is 3. The molecule has 1 N–H and O–H groups in total. The zero-order valence-corrected chi connectivity index (χ0v) is 23.0. The summed E-state index contributed by atoms with van der Waals surface area (Å²) in [5, 5.41) is 9.67. The summed E-state index contributed by atoms with van der Waals surface area (Å²) in [6.07, 6.45) is 10.7. The molecule has 7 heteroatoms. The minimum absolute atomic E-state index is 0. The lowest BCUT2D eigenvalue weighted by atomic mass is 10.2. The lowest BCUT2D eigenvalue weighted by Crippen LogP contribution is -2.24. The molecule has 0 aliphatic carbocycles. The number of allylic oxidation sites excluding steroid dienone is 4. The van der Waals surface area contributed by atoms with Gasteiger partial charge < -0.3 is 19.3 Å². The number of aliphatic hydroxyl groups excluding tert-OH is 1. The summed E-state index contributed by atoms with van der Waals surface area (Å²) < 4.78 is 15.6. The second-order valence-corrected chi connectivity index (χ2v) is 8.88. The van der Waals surface area contributed by atoms with Crippen LogP contribution in [0.5, 0.6) is 0 Å². The van der Waals surface area contributed by atoms with E-state index in [1.165, 1.54) is 19.1 Å². The Balaban J connectivity index is -0.000000710. The van der Waals surface area contributed by atoms with Crippen molar-refractivity contribution >= 4 is 17.7 Å². The second-order valence-electron chi connectivity index (χ2n) is 8.88. The van der Waals surface area contributed by atoms with Crippen molar-refractivity contribution < 1.29 is 33.7 Å². The average molecular weight is 511 g/mol. The predicted octanol–water partition coefficient (Wildman–Crippen LogP) is 6.06. The summed E-state index contributed by atoms with van der Waals surface area (Å²) in [6, 6.07) is 0. The van der Waals surface area contributed by atoms with E-state index in [-0.39, 0.29) is 37.4 Å². The molecule has 2 unspecified atom stereocenters. The SMILES string of the molecule is C.CC(=O)/C=C/C=C/C(OCC/C(C)=C/C(=O)OC(C)C)C(C)O.CCC/C(C)=C/C(=O)OC(C)C. The monoisotopic (exact) mass is 510 g/mol. The Morgan fingerprint density at radius 2 is 1.28 bits per heavy atom. The van der Waals surface area contributed by atoms with Crippen molar-refractivity contribution in [2.75, 3.05) is 6.61 Å². The fourth-order valence-corrected chi connectivity index (χ4v) is 2.55. The fourth-order valence-electron chi connectivity index (χ4n) is 2.55. The van der Waals surface area contributed by atoms with Gasteiger partial charge >= 0.3 is 11.9 Å². The fraction of sp³-hybridized carbons (Fsp3) is 0.621. The van der Waals surface area contributed by atoms with Crippen LogP contribution in [0.15, 0.2) is 47.6 Å². The highest BCUT2D eigenvalue weighted by atomic mass is 16.5. The maximum Gasteiger partial charge on any atom is 0.330 e. The van der Waals surface area contributed by atoms with Gasteiger partial charge in [-0.15, -0.1) is 0 Å². The van der Waals surface area contributed by atoms with E-state index in [0.29, 0.717) is 13.0 Å². The molecule has 0 heterocycles. The van der Waals surface area contributed by atoms with E-state index in [4.69, 9.17) is 14.2 Å². The topological polar surface area (TPSA) is 99.1 Å². The molecule has 0 fully saturated rings. The Morgan fingerprint density at radius 1 is 0.806 bits per heavy atom. The van der Waals surface area contributed by atoms with E-state index < -0.39 is 12.2 Å². The summed E-state index contributed by atoms with van der Waals surface area (Å²) >= 11 is 0. The first-order valence-electron chi connectivity index (χ1n) is 12.2. The van der Waals surface area contributed by atoms with Crippen LogP contribution in [0.2, 0.25) is 0 Å². The molecule has 0 amide bonds. The largest absolute Gasteiger partial charge is 0.460 e.